The van der Waals surface area contributed by atoms with Crippen molar-refractivity contribution in [2.24, 2.45) is 0 Å². The van der Waals surface area contributed by atoms with E-state index in [1.165, 1.54) is 6.33 Å². The van der Waals surface area contributed by atoms with E-state index in [0.29, 0.717) is 0 Å². The van der Waals surface area contributed by atoms with E-state index in [0.717, 1.165) is 29.8 Å². The van der Waals surface area contributed by atoms with Gasteiger partial charge in [-0.25, -0.2) is 4.68 Å². The smallest absolute Gasteiger partial charge is 0.231 e. The monoisotopic (exact) mass is 321 g/mol. The van der Waals surface area contributed by atoms with Crippen LogP contribution in [0.25, 0.3) is 5.69 Å². The van der Waals surface area contributed by atoms with Gasteiger partial charge in [-0.1, -0.05) is 49.7 Å². The molecule has 1 unspecified atom stereocenters. The van der Waals surface area contributed by atoms with E-state index in [4.69, 9.17) is 0 Å². The number of rotatable bonds is 6. The molecule has 2 aromatic carbocycles. The van der Waals surface area contributed by atoms with Gasteiger partial charge in [0.1, 0.15) is 6.33 Å². The summed E-state index contributed by atoms with van der Waals surface area (Å²) in [6.45, 7) is 2.08. The molecule has 24 heavy (non-hydrogen) atoms. The molecule has 1 atom stereocenters. The molecule has 1 N–H and O–H groups in total. The van der Waals surface area contributed by atoms with E-state index in [9.17, 15) is 4.79 Å². The first-order chi connectivity index (χ1) is 11.8. The second-order valence-corrected chi connectivity index (χ2v) is 5.55. The van der Waals surface area contributed by atoms with Gasteiger partial charge in [0.05, 0.1) is 11.6 Å². The lowest BCUT2D eigenvalue weighted by molar-refractivity contribution is -0.117. The molecule has 0 aliphatic heterocycles. The van der Waals surface area contributed by atoms with Crippen molar-refractivity contribution in [1.29, 1.82) is 0 Å². The summed E-state index contributed by atoms with van der Waals surface area (Å²) < 4.78 is 1.55. The van der Waals surface area contributed by atoms with E-state index >= 15 is 0 Å². The van der Waals surface area contributed by atoms with Gasteiger partial charge in [0.25, 0.3) is 0 Å². The molecule has 6 nitrogen and oxygen atoms in total. The minimum atomic E-state index is -0.159. The van der Waals surface area contributed by atoms with Crippen LogP contribution in [0.15, 0.2) is 60.9 Å². The van der Waals surface area contributed by atoms with Crippen LogP contribution in [-0.4, -0.2) is 26.1 Å². The maximum absolute atomic E-state index is 12.7. The maximum atomic E-state index is 12.7. The second-order valence-electron chi connectivity index (χ2n) is 5.55. The number of carbonyl (C=O) groups excluding carboxylic acids is 1. The Labute approximate surface area is 140 Å². The summed E-state index contributed by atoms with van der Waals surface area (Å²) in [6.07, 6.45) is 3.27. The first-order valence-corrected chi connectivity index (χ1v) is 7.97. The summed E-state index contributed by atoms with van der Waals surface area (Å²) in [5.41, 5.74) is 2.56. The molecule has 0 aliphatic carbocycles. The Bertz CT molecular complexity index is 786. The minimum Gasteiger partial charge on any atom is -0.325 e. The predicted molar refractivity (Wildman–Crippen MR) is 91.9 cm³/mol. The van der Waals surface area contributed by atoms with Crippen LogP contribution in [0.4, 0.5) is 5.69 Å². The standard InChI is InChI=1S/C18H19N5O/c1-2-7-17(14-8-4-3-5-9-14)18(24)20-15-10-6-11-16(12-15)23-13-19-21-22-23/h3-6,8-13,17H,2,7H2,1H3,(H,20,24). The number of anilines is 1. The fourth-order valence-electron chi connectivity index (χ4n) is 2.66. The first-order valence-electron chi connectivity index (χ1n) is 7.97. The first kappa shape index (κ1) is 15.9. The van der Waals surface area contributed by atoms with E-state index in [1.54, 1.807) is 4.68 Å². The van der Waals surface area contributed by atoms with Crippen LogP contribution in [0.1, 0.15) is 31.2 Å². The number of nitrogens with one attached hydrogen (secondary N) is 1. The summed E-state index contributed by atoms with van der Waals surface area (Å²) in [5.74, 6) is -0.162. The lowest BCUT2D eigenvalue weighted by atomic mass is 9.93. The number of hydrogen-bond donors (Lipinski definition) is 1. The zero-order valence-corrected chi connectivity index (χ0v) is 13.5. The summed E-state index contributed by atoms with van der Waals surface area (Å²) in [7, 11) is 0. The van der Waals surface area contributed by atoms with Crippen LogP contribution in [0.2, 0.25) is 0 Å². The van der Waals surface area contributed by atoms with Gasteiger partial charge in [0, 0.05) is 5.69 Å². The summed E-state index contributed by atoms with van der Waals surface area (Å²) in [4.78, 5) is 12.7. The Kier molecular flexibility index (Phi) is 4.96. The molecule has 1 amide bonds. The molecule has 0 fully saturated rings. The van der Waals surface area contributed by atoms with E-state index in [-0.39, 0.29) is 11.8 Å². The van der Waals surface area contributed by atoms with Gasteiger partial charge in [-0.05, 0) is 40.6 Å². The van der Waals surface area contributed by atoms with Crippen molar-refractivity contribution >= 4 is 11.6 Å². The van der Waals surface area contributed by atoms with Crippen molar-refractivity contribution in [3.05, 3.63) is 66.5 Å². The van der Waals surface area contributed by atoms with Gasteiger partial charge in [-0.3, -0.25) is 4.79 Å². The van der Waals surface area contributed by atoms with Crippen molar-refractivity contribution in [1.82, 2.24) is 20.2 Å². The van der Waals surface area contributed by atoms with Gasteiger partial charge in [0.15, 0.2) is 0 Å². The zero-order valence-electron chi connectivity index (χ0n) is 13.5. The Morgan fingerprint density at radius 1 is 1.17 bits per heavy atom. The fraction of sp³-hybridized carbons (Fsp3) is 0.222. The molecule has 1 heterocycles. The van der Waals surface area contributed by atoms with E-state index in [2.05, 4.69) is 27.8 Å². The van der Waals surface area contributed by atoms with Crippen molar-refractivity contribution < 1.29 is 4.79 Å². The summed E-state index contributed by atoms with van der Waals surface area (Å²) in [5, 5.41) is 14.1. The SMILES string of the molecule is CCCC(C(=O)Nc1cccc(-n2cnnn2)c1)c1ccccc1. The highest BCUT2D eigenvalue weighted by Gasteiger charge is 2.19. The maximum Gasteiger partial charge on any atom is 0.231 e. The number of tetrazole rings is 1. The predicted octanol–water partition coefficient (Wildman–Crippen LogP) is 3.18. The number of benzene rings is 2. The fourth-order valence-corrected chi connectivity index (χ4v) is 2.66. The lowest BCUT2D eigenvalue weighted by Gasteiger charge is -2.17. The third-order valence-electron chi connectivity index (χ3n) is 3.82. The zero-order chi connectivity index (χ0) is 16.8. The highest BCUT2D eigenvalue weighted by molar-refractivity contribution is 5.96. The van der Waals surface area contributed by atoms with Crippen LogP contribution in [0, 0.1) is 0 Å². The molecule has 122 valence electrons. The molecule has 6 heteroatoms. The summed E-state index contributed by atoms with van der Waals surface area (Å²) >= 11 is 0. The molecule has 0 spiro atoms. The van der Waals surface area contributed by atoms with Crippen LogP contribution >= 0.6 is 0 Å². The second kappa shape index (κ2) is 7.50. The Morgan fingerprint density at radius 2 is 2.00 bits per heavy atom. The van der Waals surface area contributed by atoms with Gasteiger partial charge in [-0.2, -0.15) is 0 Å². The Balaban J connectivity index is 1.79. The normalized spacial score (nSPS) is 11.9. The topological polar surface area (TPSA) is 72.7 Å². The van der Waals surface area contributed by atoms with Crippen molar-refractivity contribution in [2.75, 3.05) is 5.32 Å². The quantitative estimate of drug-likeness (QED) is 0.757. The minimum absolute atomic E-state index is 0.00286. The number of hydrogen-bond acceptors (Lipinski definition) is 4. The molecule has 0 bridgehead atoms. The van der Waals surface area contributed by atoms with Crippen molar-refractivity contribution in [2.45, 2.75) is 25.7 Å². The number of aromatic nitrogens is 4. The molecule has 0 saturated carbocycles. The lowest BCUT2D eigenvalue weighted by Crippen LogP contribution is -2.21. The van der Waals surface area contributed by atoms with Gasteiger partial charge < -0.3 is 5.32 Å². The number of nitrogens with zero attached hydrogens (tertiary/aromatic N) is 4. The highest BCUT2D eigenvalue weighted by atomic mass is 16.1. The van der Waals surface area contributed by atoms with E-state index in [1.807, 2.05) is 54.6 Å². The van der Waals surface area contributed by atoms with Gasteiger partial charge in [-0.15, -0.1) is 5.10 Å². The van der Waals surface area contributed by atoms with Gasteiger partial charge >= 0.3 is 0 Å². The number of carbonyl (C=O) groups is 1. The number of amides is 1. The molecule has 3 aromatic rings. The average Bonchev–Trinajstić information content (AvgIpc) is 3.15. The molecule has 1 aromatic heterocycles. The van der Waals surface area contributed by atoms with Crippen molar-refractivity contribution in [3.63, 3.8) is 0 Å². The van der Waals surface area contributed by atoms with E-state index < -0.39 is 0 Å². The Hall–Kier alpha value is -3.02. The molecule has 3 rings (SSSR count). The molecular formula is C18H19N5O. The third kappa shape index (κ3) is 3.65. The Morgan fingerprint density at radius 3 is 2.71 bits per heavy atom. The van der Waals surface area contributed by atoms with Crippen LogP contribution < -0.4 is 5.32 Å². The van der Waals surface area contributed by atoms with Gasteiger partial charge in [0.2, 0.25) is 5.91 Å². The van der Waals surface area contributed by atoms with Crippen LogP contribution in [0.5, 0.6) is 0 Å². The molecule has 0 radical (unpaired) electrons. The van der Waals surface area contributed by atoms with Crippen LogP contribution in [-0.2, 0) is 4.79 Å². The molecular weight excluding hydrogens is 302 g/mol. The molecule has 0 aliphatic rings. The van der Waals surface area contributed by atoms with Crippen molar-refractivity contribution in [3.8, 4) is 5.69 Å². The highest BCUT2D eigenvalue weighted by Crippen LogP contribution is 2.23. The third-order valence-corrected chi connectivity index (χ3v) is 3.82. The average molecular weight is 321 g/mol. The summed E-state index contributed by atoms with van der Waals surface area (Å²) in [6, 6.07) is 17.3. The largest absolute Gasteiger partial charge is 0.325 e. The molecule has 0 saturated heterocycles. The van der Waals surface area contributed by atoms with Crippen LogP contribution in [0.3, 0.4) is 0 Å².